The van der Waals surface area contributed by atoms with E-state index < -0.39 is 11.7 Å². The van der Waals surface area contributed by atoms with Crippen molar-refractivity contribution in [2.45, 2.75) is 51.1 Å². The van der Waals surface area contributed by atoms with Crippen molar-refractivity contribution < 1.29 is 27.4 Å². The molecule has 1 atom stereocenters. The largest absolute Gasteiger partial charge is 0.497 e. The van der Waals surface area contributed by atoms with Gasteiger partial charge < -0.3 is 19.7 Å². The van der Waals surface area contributed by atoms with Gasteiger partial charge in [0.25, 0.3) is 0 Å². The van der Waals surface area contributed by atoms with Crippen molar-refractivity contribution >= 4 is 23.0 Å². The van der Waals surface area contributed by atoms with E-state index in [-0.39, 0.29) is 17.5 Å². The van der Waals surface area contributed by atoms with Crippen LogP contribution < -0.4 is 24.7 Å². The number of anilines is 2. The summed E-state index contributed by atoms with van der Waals surface area (Å²) in [5, 5.41) is 9.28. The van der Waals surface area contributed by atoms with E-state index in [0.717, 1.165) is 72.6 Å². The third kappa shape index (κ3) is 5.01. The first-order chi connectivity index (χ1) is 20.2. The molecule has 0 aromatic heterocycles. The average Bonchev–Trinajstić information content (AvgIpc) is 3.66. The lowest BCUT2D eigenvalue weighted by Crippen LogP contribution is -2.31. The lowest BCUT2D eigenvalue weighted by Gasteiger charge is -2.36. The van der Waals surface area contributed by atoms with Gasteiger partial charge in [0.05, 0.1) is 42.8 Å². The maximum absolute atomic E-state index is 14.6. The maximum Gasteiger partial charge on any atom is 0.418 e. The Morgan fingerprint density at radius 2 is 1.67 bits per heavy atom. The average molecular weight is 581 g/mol. The number of hydrogen-bond acceptors (Lipinski definition) is 6. The Morgan fingerprint density at radius 3 is 2.29 bits per heavy atom. The molecule has 4 aliphatic rings. The number of hydrazone groups is 1. The summed E-state index contributed by atoms with van der Waals surface area (Å²) in [6.45, 7) is 1.04. The van der Waals surface area contributed by atoms with Gasteiger partial charge in [-0.15, -0.1) is 0 Å². The van der Waals surface area contributed by atoms with E-state index in [4.69, 9.17) is 14.6 Å². The number of halogens is 3. The van der Waals surface area contributed by atoms with Crippen LogP contribution in [-0.4, -0.2) is 46.0 Å². The Bertz CT molecular complexity index is 1480. The Balaban J connectivity index is 1.52. The number of benzene rings is 2. The molecule has 1 N–H and O–H groups in total. The van der Waals surface area contributed by atoms with Gasteiger partial charge in [-0.05, 0) is 92.0 Å². The number of nitrogens with one attached hydrogen (secondary N) is 1. The Labute approximate surface area is 243 Å². The number of methoxy groups -OCH3 is 2. The summed E-state index contributed by atoms with van der Waals surface area (Å²) in [6, 6.07) is 9.74. The van der Waals surface area contributed by atoms with Crippen LogP contribution in [-0.2, 0) is 11.0 Å². The molecule has 1 unspecified atom stereocenters. The van der Waals surface area contributed by atoms with E-state index in [9.17, 15) is 18.0 Å². The molecule has 2 aliphatic heterocycles. The smallest absolute Gasteiger partial charge is 0.418 e. The number of hydrogen-bond donors (Lipinski definition) is 1. The number of rotatable bonds is 6. The highest BCUT2D eigenvalue weighted by Crippen LogP contribution is 2.49. The molecular formula is C32H35F3N4O3. The number of carbonyl (C=O) groups is 1. The number of allylic oxidation sites excluding steroid dienone is 3. The second kappa shape index (κ2) is 11.0. The predicted octanol–water partition coefficient (Wildman–Crippen LogP) is 6.44. The number of carbonyl (C=O) groups excluding carboxylic acids is 1. The van der Waals surface area contributed by atoms with Gasteiger partial charge in [-0.1, -0.05) is 0 Å². The number of ether oxygens (including phenoxy) is 2. The lowest BCUT2D eigenvalue weighted by atomic mass is 9.85. The van der Waals surface area contributed by atoms with E-state index >= 15 is 0 Å². The van der Waals surface area contributed by atoms with Gasteiger partial charge in [-0.3, -0.25) is 4.79 Å². The number of amides is 1. The van der Waals surface area contributed by atoms with Crippen molar-refractivity contribution in [2.75, 3.05) is 44.3 Å². The molecule has 0 radical (unpaired) electrons. The van der Waals surface area contributed by atoms with Gasteiger partial charge in [-0.25, -0.2) is 5.01 Å². The van der Waals surface area contributed by atoms with Crippen LogP contribution in [0.1, 0.15) is 56.1 Å². The Morgan fingerprint density at radius 1 is 0.976 bits per heavy atom. The van der Waals surface area contributed by atoms with Crippen LogP contribution in [0.3, 0.4) is 0 Å². The fraction of sp³-hybridized carbons (Fsp3) is 0.438. The summed E-state index contributed by atoms with van der Waals surface area (Å²) >= 11 is 0. The highest BCUT2D eigenvalue weighted by Gasteiger charge is 2.41. The van der Waals surface area contributed by atoms with Crippen LogP contribution in [0.25, 0.3) is 0 Å². The lowest BCUT2D eigenvalue weighted by molar-refractivity contribution is -0.137. The van der Waals surface area contributed by atoms with E-state index in [0.29, 0.717) is 42.4 Å². The normalized spacial score (nSPS) is 20.4. The van der Waals surface area contributed by atoms with Crippen molar-refractivity contribution in [1.82, 2.24) is 5.32 Å². The molecule has 2 aromatic rings. The molecule has 1 saturated heterocycles. The SMILES string of the molecule is CNC(=O)C1CCN(c2ccc(C(F)(F)F)c(N3N=C(c4cc(OC)cc(OC)c4)C4=C(CCC4)C3=C3CCC3)c2)C1. The monoisotopic (exact) mass is 580 g/mol. The molecule has 2 fully saturated rings. The summed E-state index contributed by atoms with van der Waals surface area (Å²) in [4.78, 5) is 14.3. The maximum atomic E-state index is 14.6. The van der Waals surface area contributed by atoms with E-state index in [1.165, 1.54) is 6.07 Å². The molecule has 222 valence electrons. The molecule has 0 bridgehead atoms. The topological polar surface area (TPSA) is 66.4 Å². The highest BCUT2D eigenvalue weighted by molar-refractivity contribution is 6.15. The van der Waals surface area contributed by atoms with Gasteiger partial charge in [0, 0.05) is 37.5 Å². The van der Waals surface area contributed by atoms with Crippen molar-refractivity contribution in [2.24, 2.45) is 11.0 Å². The highest BCUT2D eigenvalue weighted by atomic mass is 19.4. The minimum Gasteiger partial charge on any atom is -0.497 e. The fourth-order valence-electron chi connectivity index (χ4n) is 6.45. The summed E-state index contributed by atoms with van der Waals surface area (Å²) in [5.74, 6) is 0.905. The van der Waals surface area contributed by atoms with Crippen LogP contribution in [0, 0.1) is 5.92 Å². The predicted molar refractivity (Wildman–Crippen MR) is 156 cm³/mol. The van der Waals surface area contributed by atoms with Crippen LogP contribution in [0.5, 0.6) is 11.5 Å². The van der Waals surface area contributed by atoms with Gasteiger partial charge in [0.1, 0.15) is 11.5 Å². The number of alkyl halides is 3. The quantitative estimate of drug-likeness (QED) is 0.426. The van der Waals surface area contributed by atoms with Gasteiger partial charge >= 0.3 is 6.18 Å². The van der Waals surface area contributed by atoms with Crippen molar-refractivity contribution in [3.63, 3.8) is 0 Å². The van der Waals surface area contributed by atoms with Gasteiger partial charge in [0.2, 0.25) is 5.91 Å². The Hall–Kier alpha value is -3.95. The molecule has 1 saturated carbocycles. The van der Waals surface area contributed by atoms with E-state index in [1.807, 2.05) is 17.0 Å². The number of nitrogens with zero attached hydrogens (tertiary/aromatic N) is 3. The molecular weight excluding hydrogens is 545 g/mol. The van der Waals surface area contributed by atoms with Crippen LogP contribution in [0.2, 0.25) is 0 Å². The molecule has 2 heterocycles. The first-order valence-corrected chi connectivity index (χ1v) is 14.5. The van der Waals surface area contributed by atoms with Crippen LogP contribution >= 0.6 is 0 Å². The fourth-order valence-corrected chi connectivity index (χ4v) is 6.45. The van der Waals surface area contributed by atoms with Crippen LogP contribution in [0.15, 0.2) is 63.9 Å². The van der Waals surface area contributed by atoms with Crippen molar-refractivity contribution in [3.05, 3.63) is 69.9 Å². The second-order valence-corrected chi connectivity index (χ2v) is 11.2. The summed E-state index contributed by atoms with van der Waals surface area (Å²) < 4.78 is 54.9. The van der Waals surface area contributed by atoms with E-state index in [1.54, 1.807) is 38.4 Å². The van der Waals surface area contributed by atoms with Crippen molar-refractivity contribution in [1.29, 1.82) is 0 Å². The molecule has 2 aromatic carbocycles. The van der Waals surface area contributed by atoms with E-state index in [2.05, 4.69) is 5.32 Å². The summed E-state index contributed by atoms with van der Waals surface area (Å²) in [5.41, 5.74) is 5.42. The molecule has 6 rings (SSSR count). The molecule has 42 heavy (non-hydrogen) atoms. The zero-order valence-corrected chi connectivity index (χ0v) is 24.1. The molecule has 10 heteroatoms. The second-order valence-electron chi connectivity index (χ2n) is 11.2. The molecule has 1 amide bonds. The Kier molecular flexibility index (Phi) is 7.41. The summed E-state index contributed by atoms with van der Waals surface area (Å²) in [7, 11) is 4.74. The van der Waals surface area contributed by atoms with Crippen molar-refractivity contribution in [3.8, 4) is 11.5 Å². The third-order valence-corrected chi connectivity index (χ3v) is 8.80. The molecule has 0 spiro atoms. The molecule has 7 nitrogen and oxygen atoms in total. The summed E-state index contributed by atoms with van der Waals surface area (Å²) in [6.07, 6.45) is 1.27. The first kappa shape index (κ1) is 28.2. The zero-order valence-electron chi connectivity index (χ0n) is 24.1. The minimum atomic E-state index is -4.59. The zero-order chi connectivity index (χ0) is 29.6. The molecule has 2 aliphatic carbocycles. The standard InChI is InChI=1S/C32H35F3N4O3/c1-36-31(40)20-12-13-38(18-20)22-10-11-27(32(33,34)35)28(16-22)39-30(19-6-4-7-19)26-9-5-8-25(26)29(37-39)21-14-23(41-2)17-24(15-21)42-3/h10-11,14-17,20H,4-9,12-13,18H2,1-3H3,(H,36,40). The first-order valence-electron chi connectivity index (χ1n) is 14.5. The third-order valence-electron chi connectivity index (χ3n) is 8.80. The van der Waals surface area contributed by atoms with Gasteiger partial charge in [0.15, 0.2) is 0 Å². The minimum absolute atomic E-state index is 0.00334. The van der Waals surface area contributed by atoms with Crippen LogP contribution in [0.4, 0.5) is 24.5 Å². The van der Waals surface area contributed by atoms with Gasteiger partial charge in [-0.2, -0.15) is 18.3 Å².